The van der Waals surface area contributed by atoms with E-state index in [1.807, 2.05) is 11.8 Å². The van der Waals surface area contributed by atoms with Crippen LogP contribution in [-0.2, 0) is 10.0 Å². The molecule has 0 aromatic heterocycles. The van der Waals surface area contributed by atoms with E-state index in [-0.39, 0.29) is 5.75 Å². The smallest absolute Gasteiger partial charge is 0.214 e. The quantitative estimate of drug-likeness (QED) is 0.754. The third-order valence-corrected chi connectivity index (χ3v) is 5.26. The van der Waals surface area contributed by atoms with Gasteiger partial charge in [0.05, 0.1) is 5.75 Å². The van der Waals surface area contributed by atoms with E-state index in [0.717, 1.165) is 5.75 Å². The molecule has 0 bridgehead atoms. The number of sulfonamides is 1. The lowest BCUT2D eigenvalue weighted by molar-refractivity contribution is 0.423. The summed E-state index contributed by atoms with van der Waals surface area (Å²) in [4.78, 5) is 0. The highest BCUT2D eigenvalue weighted by molar-refractivity contribution is 8.00. The maximum absolute atomic E-state index is 11.8. The zero-order valence-electron chi connectivity index (χ0n) is 8.48. The first-order valence-corrected chi connectivity index (χ1v) is 7.51. The van der Waals surface area contributed by atoms with Crippen molar-refractivity contribution in [2.75, 3.05) is 31.1 Å². The molecule has 1 aliphatic rings. The zero-order chi connectivity index (χ0) is 10.6. The SMILES string of the molecule is CC1CN(S(=O)(=O)CCCN)CCS1. The van der Waals surface area contributed by atoms with Crippen molar-refractivity contribution in [3.63, 3.8) is 0 Å². The summed E-state index contributed by atoms with van der Waals surface area (Å²) >= 11 is 1.83. The molecular weight excluding hydrogens is 220 g/mol. The van der Waals surface area contributed by atoms with Gasteiger partial charge < -0.3 is 5.73 Å². The average molecular weight is 238 g/mol. The molecule has 2 N–H and O–H groups in total. The Hall–Kier alpha value is 0.220. The van der Waals surface area contributed by atoms with Crippen molar-refractivity contribution in [2.24, 2.45) is 5.73 Å². The van der Waals surface area contributed by atoms with Crippen LogP contribution in [0.4, 0.5) is 0 Å². The minimum Gasteiger partial charge on any atom is -0.330 e. The predicted molar refractivity (Wildman–Crippen MR) is 61.0 cm³/mol. The minimum atomic E-state index is -3.04. The van der Waals surface area contributed by atoms with Gasteiger partial charge in [-0.3, -0.25) is 0 Å². The average Bonchev–Trinajstić information content (AvgIpc) is 2.15. The second-order valence-corrected chi connectivity index (χ2v) is 7.13. The number of rotatable bonds is 4. The fourth-order valence-corrected chi connectivity index (χ4v) is 4.27. The number of hydrogen-bond acceptors (Lipinski definition) is 4. The summed E-state index contributed by atoms with van der Waals surface area (Å²) in [5, 5.41) is 0.413. The van der Waals surface area contributed by atoms with E-state index in [2.05, 4.69) is 6.92 Å². The van der Waals surface area contributed by atoms with Crippen LogP contribution in [0.15, 0.2) is 0 Å². The van der Waals surface area contributed by atoms with Gasteiger partial charge >= 0.3 is 0 Å². The number of hydrogen-bond donors (Lipinski definition) is 1. The Morgan fingerprint density at radius 1 is 1.57 bits per heavy atom. The maximum Gasteiger partial charge on any atom is 0.214 e. The summed E-state index contributed by atoms with van der Waals surface area (Å²) in [7, 11) is -3.04. The molecule has 0 radical (unpaired) electrons. The molecule has 1 rings (SSSR count). The van der Waals surface area contributed by atoms with Crippen LogP contribution in [-0.4, -0.2) is 49.1 Å². The van der Waals surface area contributed by atoms with E-state index in [1.165, 1.54) is 0 Å². The number of thioether (sulfide) groups is 1. The third kappa shape index (κ3) is 3.42. The Kier molecular flexibility index (Phi) is 4.69. The molecule has 14 heavy (non-hydrogen) atoms. The largest absolute Gasteiger partial charge is 0.330 e. The second kappa shape index (κ2) is 5.34. The van der Waals surface area contributed by atoms with Crippen LogP contribution in [0.1, 0.15) is 13.3 Å². The molecule has 6 heteroatoms. The van der Waals surface area contributed by atoms with Gasteiger partial charge in [-0.2, -0.15) is 11.8 Å². The molecule has 1 atom stereocenters. The van der Waals surface area contributed by atoms with E-state index in [1.54, 1.807) is 4.31 Å². The number of nitrogens with zero attached hydrogens (tertiary/aromatic N) is 1. The highest BCUT2D eigenvalue weighted by atomic mass is 32.2. The molecule has 1 unspecified atom stereocenters. The first kappa shape index (κ1) is 12.3. The van der Waals surface area contributed by atoms with Gasteiger partial charge in [0.15, 0.2) is 0 Å². The second-order valence-electron chi connectivity index (χ2n) is 3.50. The van der Waals surface area contributed by atoms with Crippen LogP contribution in [0.3, 0.4) is 0 Å². The molecule has 1 saturated heterocycles. The van der Waals surface area contributed by atoms with Gasteiger partial charge in [0.1, 0.15) is 0 Å². The van der Waals surface area contributed by atoms with E-state index >= 15 is 0 Å². The van der Waals surface area contributed by atoms with Crippen molar-refractivity contribution in [2.45, 2.75) is 18.6 Å². The molecule has 0 aromatic carbocycles. The lowest BCUT2D eigenvalue weighted by Gasteiger charge is -2.29. The van der Waals surface area contributed by atoms with Crippen LogP contribution in [0.25, 0.3) is 0 Å². The monoisotopic (exact) mass is 238 g/mol. The van der Waals surface area contributed by atoms with Gasteiger partial charge in [-0.1, -0.05) is 6.92 Å². The van der Waals surface area contributed by atoms with Gasteiger partial charge in [-0.15, -0.1) is 0 Å². The van der Waals surface area contributed by atoms with Crippen LogP contribution in [0, 0.1) is 0 Å². The Morgan fingerprint density at radius 3 is 2.86 bits per heavy atom. The lowest BCUT2D eigenvalue weighted by Crippen LogP contribution is -2.42. The molecule has 1 heterocycles. The standard InChI is InChI=1S/C8H18N2O2S2/c1-8-7-10(4-5-13-8)14(11,12)6-2-3-9/h8H,2-7,9H2,1H3. The maximum atomic E-state index is 11.8. The Bertz CT molecular complexity index is 267. The van der Waals surface area contributed by atoms with Gasteiger partial charge in [0.25, 0.3) is 0 Å². The van der Waals surface area contributed by atoms with Crippen molar-refractivity contribution in [1.82, 2.24) is 4.31 Å². The molecule has 0 aliphatic carbocycles. The normalized spacial score (nSPS) is 25.1. The van der Waals surface area contributed by atoms with Crippen LogP contribution < -0.4 is 5.73 Å². The zero-order valence-corrected chi connectivity index (χ0v) is 10.1. The van der Waals surface area contributed by atoms with Crippen LogP contribution >= 0.6 is 11.8 Å². The van der Waals surface area contributed by atoms with Crippen LogP contribution in [0.5, 0.6) is 0 Å². The van der Waals surface area contributed by atoms with E-state index in [4.69, 9.17) is 5.73 Å². The van der Waals surface area contributed by atoms with Crippen molar-refractivity contribution >= 4 is 21.8 Å². The molecule has 4 nitrogen and oxygen atoms in total. The van der Waals surface area contributed by atoms with Gasteiger partial charge in [-0.25, -0.2) is 12.7 Å². The van der Waals surface area contributed by atoms with E-state index in [9.17, 15) is 8.42 Å². The fourth-order valence-electron chi connectivity index (χ4n) is 1.43. The summed E-state index contributed by atoms with van der Waals surface area (Å²) < 4.78 is 25.1. The van der Waals surface area contributed by atoms with Crippen molar-refractivity contribution in [1.29, 1.82) is 0 Å². The van der Waals surface area contributed by atoms with E-state index < -0.39 is 10.0 Å². The third-order valence-electron chi connectivity index (χ3n) is 2.20. The fraction of sp³-hybridized carbons (Fsp3) is 1.00. The predicted octanol–water partition coefficient (Wildman–Crippen LogP) is 0.102. The minimum absolute atomic E-state index is 0.195. The Labute approximate surface area is 90.3 Å². The van der Waals surface area contributed by atoms with Crippen molar-refractivity contribution < 1.29 is 8.42 Å². The molecule has 1 fully saturated rings. The summed E-state index contributed by atoms with van der Waals surface area (Å²) in [6.45, 7) is 3.81. The number of nitrogens with two attached hydrogens (primary N) is 1. The first-order chi connectivity index (χ1) is 6.56. The lowest BCUT2D eigenvalue weighted by atomic mass is 10.4. The molecule has 0 amide bonds. The molecule has 0 saturated carbocycles. The van der Waals surface area contributed by atoms with Crippen molar-refractivity contribution in [3.05, 3.63) is 0 Å². The molecule has 0 aromatic rings. The Morgan fingerprint density at radius 2 is 2.29 bits per heavy atom. The molecule has 1 aliphatic heterocycles. The van der Waals surface area contributed by atoms with Crippen LogP contribution in [0.2, 0.25) is 0 Å². The topological polar surface area (TPSA) is 63.4 Å². The highest BCUT2D eigenvalue weighted by Gasteiger charge is 2.26. The van der Waals surface area contributed by atoms with Gasteiger partial charge in [0.2, 0.25) is 10.0 Å². The van der Waals surface area contributed by atoms with Gasteiger partial charge in [0, 0.05) is 24.1 Å². The summed E-state index contributed by atoms with van der Waals surface area (Å²) in [5.74, 6) is 1.10. The summed E-state index contributed by atoms with van der Waals surface area (Å²) in [6, 6.07) is 0. The summed E-state index contributed by atoms with van der Waals surface area (Å²) in [5.41, 5.74) is 5.31. The summed E-state index contributed by atoms with van der Waals surface area (Å²) in [6.07, 6.45) is 0.556. The molecule has 84 valence electrons. The van der Waals surface area contributed by atoms with E-state index in [0.29, 0.717) is 31.3 Å². The highest BCUT2D eigenvalue weighted by Crippen LogP contribution is 2.20. The molecular formula is C8H18N2O2S2. The molecule has 0 spiro atoms. The van der Waals surface area contributed by atoms with Gasteiger partial charge in [-0.05, 0) is 13.0 Å². The van der Waals surface area contributed by atoms with Crippen molar-refractivity contribution in [3.8, 4) is 0 Å². The Balaban J connectivity index is 2.53. The first-order valence-electron chi connectivity index (χ1n) is 4.86.